The third kappa shape index (κ3) is 8.93. The molecule has 3 saturated carbocycles. The lowest BCUT2D eigenvalue weighted by Crippen LogP contribution is -2.43. The van der Waals surface area contributed by atoms with E-state index in [1.807, 2.05) is 73.6 Å². The van der Waals surface area contributed by atoms with Crippen LogP contribution in [0.3, 0.4) is 0 Å². The molecule has 8 heteroatoms. The summed E-state index contributed by atoms with van der Waals surface area (Å²) < 4.78 is 18.8. The van der Waals surface area contributed by atoms with Crippen molar-refractivity contribution < 1.29 is 38.2 Å². The number of hydrogen-bond acceptors (Lipinski definition) is 8. The monoisotopic (exact) mass is 806 g/mol. The second-order valence-electron chi connectivity index (χ2n) is 20.0. The number of carbonyl (C=O) groups is 5. The van der Waals surface area contributed by atoms with Gasteiger partial charge in [-0.3, -0.25) is 24.0 Å². The molecule has 0 aliphatic heterocycles. The van der Waals surface area contributed by atoms with Crippen molar-refractivity contribution in [3.8, 4) is 11.5 Å². The number of rotatable bonds is 17. The van der Waals surface area contributed by atoms with Crippen molar-refractivity contribution in [2.75, 3.05) is 7.11 Å². The molecule has 59 heavy (non-hydrogen) atoms. The molecule has 0 saturated heterocycles. The summed E-state index contributed by atoms with van der Waals surface area (Å²) >= 11 is 0. The molecule has 3 fully saturated rings. The largest absolute Gasteiger partial charge is 0.496 e. The molecule has 318 valence electrons. The molecule has 4 aliphatic carbocycles. The van der Waals surface area contributed by atoms with Crippen molar-refractivity contribution >= 4 is 45.4 Å². The Kier molecular flexibility index (Phi) is 12.7. The maximum Gasteiger partial charge on any atom is 0.306 e. The lowest BCUT2D eigenvalue weighted by Gasteiger charge is -2.36. The number of hydrogen-bond donors (Lipinski definition) is 0. The molecule has 0 N–H and O–H groups in total. The lowest BCUT2D eigenvalue weighted by atomic mass is 9.67. The second-order valence-corrected chi connectivity index (χ2v) is 20.0. The summed E-state index contributed by atoms with van der Waals surface area (Å²) in [5.74, 6) is -1.39. The van der Waals surface area contributed by atoms with Crippen LogP contribution in [-0.2, 0) is 28.7 Å². The molecule has 6 atom stereocenters. The zero-order valence-electron chi connectivity index (χ0n) is 37.1. The first-order valence-corrected chi connectivity index (χ1v) is 21.8. The third-order valence-corrected chi connectivity index (χ3v) is 14.3. The average Bonchev–Trinajstić information content (AvgIpc) is 3.47. The van der Waals surface area contributed by atoms with Crippen LogP contribution in [0.25, 0.3) is 16.3 Å². The molecule has 0 aromatic heterocycles. The van der Waals surface area contributed by atoms with E-state index in [4.69, 9.17) is 14.2 Å². The number of benzene rings is 2. The zero-order chi connectivity index (χ0) is 43.2. The summed E-state index contributed by atoms with van der Waals surface area (Å²) in [5, 5.41) is 1.83. The molecule has 0 amide bonds. The van der Waals surface area contributed by atoms with Gasteiger partial charge in [0, 0.05) is 52.7 Å². The van der Waals surface area contributed by atoms with E-state index in [0.717, 1.165) is 64.5 Å². The van der Waals surface area contributed by atoms with Gasteiger partial charge >= 0.3 is 5.97 Å². The first-order chi connectivity index (χ1) is 27.7. The first-order valence-electron chi connectivity index (χ1n) is 21.8. The second kappa shape index (κ2) is 17.0. The zero-order valence-corrected chi connectivity index (χ0v) is 37.1. The van der Waals surface area contributed by atoms with E-state index in [2.05, 4.69) is 24.8 Å². The molecule has 0 heterocycles. The molecule has 0 bridgehead atoms. The molecule has 6 rings (SSSR count). The van der Waals surface area contributed by atoms with Crippen molar-refractivity contribution in [3.05, 3.63) is 65.8 Å². The van der Waals surface area contributed by atoms with Crippen molar-refractivity contribution in [3.63, 3.8) is 0 Å². The highest BCUT2D eigenvalue weighted by molar-refractivity contribution is 5.99. The smallest absolute Gasteiger partial charge is 0.306 e. The number of ketones is 4. The number of esters is 1. The minimum absolute atomic E-state index is 0.0348. The van der Waals surface area contributed by atoms with E-state index in [-0.39, 0.29) is 66.3 Å². The predicted molar refractivity (Wildman–Crippen MR) is 232 cm³/mol. The van der Waals surface area contributed by atoms with Crippen LogP contribution in [0.1, 0.15) is 131 Å². The molecule has 0 radical (unpaired) electrons. The van der Waals surface area contributed by atoms with Gasteiger partial charge in [0.1, 0.15) is 46.8 Å². The van der Waals surface area contributed by atoms with Gasteiger partial charge in [0.05, 0.1) is 13.5 Å². The predicted octanol–water partition coefficient (Wildman–Crippen LogP) is 10.7. The number of ether oxygens (including phenoxy) is 3. The number of methoxy groups -OCH3 is 1. The Hall–Kier alpha value is -4.33. The number of carbonyl (C=O) groups excluding carboxylic acids is 5. The van der Waals surface area contributed by atoms with Gasteiger partial charge in [-0.05, 0) is 116 Å². The standard InChI is InChI=1S/C51H66O8/c1-12-35-27-51(35,31(5)52)28-42(54)47-39(48(56)40(49(6,7)8)26-46(55)58-36-15-13-14-16-36)25-45(50(47,9)10)59-44-24-34(23-38-30(4)43(57-11)20-19-37(38)44)33-18-17-32(21-33)22-41(53)29(2)3/h12,18-21,23-24,29,35-36,39-40,45,47H,1,13-17,22,25-28H2,2-11H3. The van der Waals surface area contributed by atoms with Crippen LogP contribution in [0.4, 0.5) is 0 Å². The van der Waals surface area contributed by atoms with Crippen molar-refractivity contribution in [2.45, 2.75) is 139 Å². The number of Topliss-reactive ketones (excluding diaryl/α,β-unsaturated/α-hetero) is 4. The minimum Gasteiger partial charge on any atom is -0.496 e. The highest BCUT2D eigenvalue weighted by atomic mass is 16.5. The van der Waals surface area contributed by atoms with Gasteiger partial charge in [-0.25, -0.2) is 0 Å². The summed E-state index contributed by atoms with van der Waals surface area (Å²) in [5.41, 5.74) is 1.74. The Balaban J connectivity index is 1.39. The summed E-state index contributed by atoms with van der Waals surface area (Å²) in [6.07, 6.45) is 11.0. The van der Waals surface area contributed by atoms with Crippen LogP contribution in [0.2, 0.25) is 0 Å². The Morgan fingerprint density at radius 2 is 1.69 bits per heavy atom. The number of allylic oxidation sites excluding steroid dienone is 5. The van der Waals surface area contributed by atoms with E-state index < -0.39 is 40.1 Å². The van der Waals surface area contributed by atoms with Gasteiger partial charge in [0.25, 0.3) is 0 Å². The molecule has 2 aromatic rings. The van der Waals surface area contributed by atoms with E-state index in [1.165, 1.54) is 0 Å². The fraction of sp³-hybridized carbons (Fsp3) is 0.588. The Morgan fingerprint density at radius 3 is 2.29 bits per heavy atom. The quantitative estimate of drug-likeness (QED) is 0.115. The maximum absolute atomic E-state index is 15.2. The van der Waals surface area contributed by atoms with E-state index in [9.17, 15) is 19.2 Å². The summed E-state index contributed by atoms with van der Waals surface area (Å²) in [6, 6.07) is 8.09. The SMILES string of the molecule is C=CC1CC1(CC(=O)C1C(C(=O)C(CC(=O)OC2CCCC2)C(C)(C)C)CC(Oc2cc(C3=CCC(CC(=O)C(C)C)=C3)cc3c(C)c(OC)ccc23)C1(C)C)C(C)=O. The first kappa shape index (κ1) is 44.2. The van der Waals surface area contributed by atoms with Gasteiger partial charge < -0.3 is 14.2 Å². The summed E-state index contributed by atoms with van der Waals surface area (Å²) in [6.45, 7) is 21.3. The topological polar surface area (TPSA) is 113 Å². The van der Waals surface area contributed by atoms with Gasteiger partial charge in [-0.15, -0.1) is 6.58 Å². The van der Waals surface area contributed by atoms with E-state index in [0.29, 0.717) is 25.0 Å². The van der Waals surface area contributed by atoms with Gasteiger partial charge in [-0.1, -0.05) is 72.3 Å². The van der Waals surface area contributed by atoms with Crippen LogP contribution in [-0.4, -0.2) is 48.4 Å². The Bertz CT molecular complexity index is 2090. The highest BCUT2D eigenvalue weighted by Crippen LogP contribution is 2.59. The molecule has 4 aliphatic rings. The molecular weight excluding hydrogens is 741 g/mol. The van der Waals surface area contributed by atoms with Crippen LogP contribution >= 0.6 is 0 Å². The van der Waals surface area contributed by atoms with Crippen LogP contribution < -0.4 is 9.47 Å². The summed E-state index contributed by atoms with van der Waals surface area (Å²) in [7, 11) is 1.65. The minimum atomic E-state index is -0.832. The Labute approximate surface area is 351 Å². The van der Waals surface area contributed by atoms with Crippen molar-refractivity contribution in [1.82, 2.24) is 0 Å². The van der Waals surface area contributed by atoms with E-state index in [1.54, 1.807) is 20.1 Å². The van der Waals surface area contributed by atoms with Crippen LogP contribution in [0.15, 0.2) is 54.6 Å². The van der Waals surface area contributed by atoms with Gasteiger partial charge in [-0.2, -0.15) is 0 Å². The maximum atomic E-state index is 15.2. The Morgan fingerprint density at radius 1 is 1.00 bits per heavy atom. The van der Waals surface area contributed by atoms with Crippen molar-refractivity contribution in [2.24, 2.45) is 45.8 Å². The fourth-order valence-electron chi connectivity index (χ4n) is 10.3. The molecule has 8 nitrogen and oxygen atoms in total. The van der Waals surface area contributed by atoms with Crippen molar-refractivity contribution in [1.29, 1.82) is 0 Å². The molecular formula is C51H66O8. The number of aryl methyl sites for hydroxylation is 1. The molecule has 0 spiro atoms. The third-order valence-electron chi connectivity index (χ3n) is 14.3. The van der Waals surface area contributed by atoms with E-state index >= 15 is 4.79 Å². The highest BCUT2D eigenvalue weighted by Gasteiger charge is 2.62. The average molecular weight is 807 g/mol. The van der Waals surface area contributed by atoms with Crippen LogP contribution in [0.5, 0.6) is 11.5 Å². The normalized spacial score (nSPS) is 25.7. The fourth-order valence-corrected chi connectivity index (χ4v) is 10.3. The van der Waals surface area contributed by atoms with Crippen LogP contribution in [0, 0.1) is 52.8 Å². The van der Waals surface area contributed by atoms with Gasteiger partial charge in [0.15, 0.2) is 0 Å². The van der Waals surface area contributed by atoms with Gasteiger partial charge in [0.2, 0.25) is 0 Å². The lowest BCUT2D eigenvalue weighted by molar-refractivity contribution is -0.154. The molecule has 2 aromatic carbocycles. The summed E-state index contributed by atoms with van der Waals surface area (Å²) in [4.78, 5) is 69.3. The number of fused-ring (bicyclic) bond motifs is 1. The molecule has 6 unspecified atom stereocenters.